The van der Waals surface area contributed by atoms with E-state index in [0.717, 1.165) is 54.7 Å². The summed E-state index contributed by atoms with van der Waals surface area (Å²) in [5.74, 6) is -0.562. The average Bonchev–Trinajstić information content (AvgIpc) is 3.06. The van der Waals surface area contributed by atoms with Crippen molar-refractivity contribution in [1.29, 1.82) is 5.26 Å². The molecule has 1 amide bonds. The van der Waals surface area contributed by atoms with Crippen LogP contribution in [0.25, 0.3) is 6.08 Å². The lowest BCUT2D eigenvalue weighted by molar-refractivity contribution is -0.112. The lowest BCUT2D eigenvalue weighted by atomic mass is 10.1. The quantitative estimate of drug-likeness (QED) is 0.477. The summed E-state index contributed by atoms with van der Waals surface area (Å²) in [7, 11) is -3.62. The molecule has 1 aliphatic heterocycles. The van der Waals surface area contributed by atoms with Crippen LogP contribution in [0.15, 0.2) is 34.7 Å². The lowest BCUT2D eigenvalue weighted by Crippen LogP contribution is -2.35. The van der Waals surface area contributed by atoms with Crippen LogP contribution in [0.4, 0.5) is 5.69 Å². The Morgan fingerprint density at radius 1 is 1.15 bits per heavy atom. The van der Waals surface area contributed by atoms with Gasteiger partial charge in [0, 0.05) is 36.7 Å². The Bertz CT molecular complexity index is 1210. The number of nitrogens with one attached hydrogen (secondary N) is 1. The van der Waals surface area contributed by atoms with Gasteiger partial charge in [0.1, 0.15) is 11.6 Å². The summed E-state index contributed by atoms with van der Waals surface area (Å²) in [4.78, 5) is 13.1. The van der Waals surface area contributed by atoms with E-state index in [-0.39, 0.29) is 10.5 Å². The molecule has 2 aromatic rings. The number of carbonyl (C=O) groups is 1. The van der Waals surface area contributed by atoms with Gasteiger partial charge < -0.3 is 9.88 Å². The van der Waals surface area contributed by atoms with Crippen LogP contribution in [-0.2, 0) is 21.4 Å². The van der Waals surface area contributed by atoms with E-state index < -0.39 is 15.9 Å². The number of hydrogen-bond acceptors (Lipinski definition) is 4. The van der Waals surface area contributed by atoms with Crippen LogP contribution in [0.3, 0.4) is 0 Å². The molecule has 7 nitrogen and oxygen atoms in total. The standard InChI is InChI=1S/C25H32N4O3S/c1-5-11-29-19(3)14-21(20(29)4)15-22(17-26)25(30)27-24-16-23(10-9-18(24)2)33(31,32)28-12-7-6-8-13-28/h9-10,14-16H,5-8,11-13H2,1-4H3,(H,27,30)/b22-15+. The third kappa shape index (κ3) is 5.37. The van der Waals surface area contributed by atoms with Crippen LogP contribution in [0.1, 0.15) is 55.1 Å². The number of hydrogen-bond donors (Lipinski definition) is 1. The van der Waals surface area contributed by atoms with Crippen molar-refractivity contribution in [3.05, 3.63) is 52.4 Å². The zero-order valence-corrected chi connectivity index (χ0v) is 20.6. The predicted octanol–water partition coefficient (Wildman–Crippen LogP) is 4.54. The summed E-state index contributed by atoms with van der Waals surface area (Å²) < 4.78 is 29.7. The third-order valence-corrected chi connectivity index (χ3v) is 8.03. The second-order valence-electron chi connectivity index (χ2n) is 8.54. The van der Waals surface area contributed by atoms with E-state index in [4.69, 9.17) is 0 Å². The Labute approximate surface area is 196 Å². The molecular formula is C25H32N4O3S. The van der Waals surface area contributed by atoms with Crippen molar-refractivity contribution in [2.24, 2.45) is 0 Å². The minimum atomic E-state index is -3.62. The molecule has 3 rings (SSSR count). The van der Waals surface area contributed by atoms with Gasteiger partial charge in [-0.1, -0.05) is 19.4 Å². The van der Waals surface area contributed by atoms with E-state index in [2.05, 4.69) is 16.8 Å². The fourth-order valence-corrected chi connectivity index (χ4v) is 5.73. The SMILES string of the molecule is CCCn1c(C)cc(/C=C(\C#N)C(=O)Nc2cc(S(=O)(=O)N3CCCCC3)ccc2C)c1C. The van der Waals surface area contributed by atoms with Crippen molar-refractivity contribution in [3.8, 4) is 6.07 Å². The van der Waals surface area contributed by atoms with E-state index >= 15 is 0 Å². The monoisotopic (exact) mass is 468 g/mol. The van der Waals surface area contributed by atoms with E-state index in [0.29, 0.717) is 18.8 Å². The minimum absolute atomic E-state index is 0.0320. The smallest absolute Gasteiger partial charge is 0.266 e. The van der Waals surface area contributed by atoms with Crippen molar-refractivity contribution < 1.29 is 13.2 Å². The summed E-state index contributed by atoms with van der Waals surface area (Å²) in [5, 5.41) is 12.4. The van der Waals surface area contributed by atoms with Crippen molar-refractivity contribution in [1.82, 2.24) is 8.87 Å². The molecule has 1 saturated heterocycles. The highest BCUT2D eigenvalue weighted by molar-refractivity contribution is 7.89. The van der Waals surface area contributed by atoms with E-state index in [9.17, 15) is 18.5 Å². The molecule has 0 spiro atoms. The molecule has 176 valence electrons. The number of aromatic nitrogens is 1. The molecule has 1 aromatic carbocycles. The van der Waals surface area contributed by atoms with Gasteiger partial charge in [-0.05, 0) is 75.4 Å². The molecule has 33 heavy (non-hydrogen) atoms. The minimum Gasteiger partial charge on any atom is -0.349 e. The summed E-state index contributed by atoms with van der Waals surface area (Å²) in [6.07, 6.45) is 5.31. The zero-order valence-electron chi connectivity index (χ0n) is 19.8. The van der Waals surface area contributed by atoms with Gasteiger partial charge in [-0.25, -0.2) is 8.42 Å². The second kappa shape index (κ2) is 10.4. The molecule has 1 fully saturated rings. The maximum atomic E-state index is 13.0. The highest BCUT2D eigenvalue weighted by Gasteiger charge is 2.26. The summed E-state index contributed by atoms with van der Waals surface area (Å²) >= 11 is 0. The Kier molecular flexibility index (Phi) is 7.77. The van der Waals surface area contributed by atoms with Gasteiger partial charge in [0.25, 0.3) is 5.91 Å². The number of sulfonamides is 1. The van der Waals surface area contributed by atoms with Crippen molar-refractivity contribution in [3.63, 3.8) is 0 Å². The van der Waals surface area contributed by atoms with Crippen LogP contribution in [0, 0.1) is 32.1 Å². The van der Waals surface area contributed by atoms with Gasteiger partial charge in [0.15, 0.2) is 0 Å². The van der Waals surface area contributed by atoms with E-state index in [1.807, 2.05) is 26.0 Å². The van der Waals surface area contributed by atoms with E-state index in [1.54, 1.807) is 25.1 Å². The normalized spacial score (nSPS) is 15.3. The van der Waals surface area contributed by atoms with Crippen molar-refractivity contribution in [2.75, 3.05) is 18.4 Å². The number of nitriles is 1. The first-order chi connectivity index (χ1) is 15.7. The number of rotatable bonds is 7. The number of aryl methyl sites for hydroxylation is 2. The average molecular weight is 469 g/mol. The highest BCUT2D eigenvalue weighted by atomic mass is 32.2. The fraction of sp³-hybridized carbons (Fsp3) is 0.440. The Balaban J connectivity index is 1.87. The topological polar surface area (TPSA) is 95.2 Å². The van der Waals surface area contributed by atoms with Crippen molar-refractivity contribution in [2.45, 2.75) is 64.8 Å². The van der Waals surface area contributed by atoms with Crippen LogP contribution < -0.4 is 5.32 Å². The number of nitrogens with zero attached hydrogens (tertiary/aromatic N) is 3. The van der Waals surface area contributed by atoms with Gasteiger partial charge in [-0.3, -0.25) is 4.79 Å². The lowest BCUT2D eigenvalue weighted by Gasteiger charge is -2.26. The largest absolute Gasteiger partial charge is 0.349 e. The third-order valence-electron chi connectivity index (χ3n) is 6.13. The van der Waals surface area contributed by atoms with Crippen LogP contribution >= 0.6 is 0 Å². The summed E-state index contributed by atoms with van der Waals surface area (Å²) in [6, 6.07) is 8.69. The first kappa shape index (κ1) is 24.7. The fourth-order valence-electron chi connectivity index (χ4n) is 4.19. The van der Waals surface area contributed by atoms with Gasteiger partial charge in [0.2, 0.25) is 10.0 Å². The maximum Gasteiger partial charge on any atom is 0.266 e. The zero-order chi connectivity index (χ0) is 24.2. The molecule has 0 bridgehead atoms. The first-order valence-corrected chi connectivity index (χ1v) is 12.8. The molecule has 1 aromatic heterocycles. The molecule has 8 heteroatoms. The van der Waals surface area contributed by atoms with Crippen molar-refractivity contribution >= 4 is 27.7 Å². The molecule has 1 N–H and O–H groups in total. The number of amides is 1. The Morgan fingerprint density at radius 2 is 1.85 bits per heavy atom. The van der Waals surface area contributed by atoms with Gasteiger partial charge in [-0.2, -0.15) is 9.57 Å². The summed E-state index contributed by atoms with van der Waals surface area (Å²) in [5.41, 5.74) is 3.97. The van der Waals surface area contributed by atoms with Gasteiger partial charge >= 0.3 is 0 Å². The molecule has 0 saturated carbocycles. The molecule has 1 aliphatic rings. The maximum absolute atomic E-state index is 13.0. The van der Waals surface area contributed by atoms with Crippen LogP contribution in [-0.4, -0.2) is 36.3 Å². The van der Waals surface area contributed by atoms with Crippen LogP contribution in [0.5, 0.6) is 0 Å². The van der Waals surface area contributed by atoms with Gasteiger partial charge in [-0.15, -0.1) is 0 Å². The van der Waals surface area contributed by atoms with E-state index in [1.165, 1.54) is 10.4 Å². The van der Waals surface area contributed by atoms with Crippen LogP contribution in [0.2, 0.25) is 0 Å². The molecule has 0 unspecified atom stereocenters. The summed E-state index contributed by atoms with van der Waals surface area (Å²) in [6.45, 7) is 9.76. The molecular weight excluding hydrogens is 436 g/mol. The highest BCUT2D eigenvalue weighted by Crippen LogP contribution is 2.26. The first-order valence-electron chi connectivity index (χ1n) is 11.4. The number of piperidine rings is 1. The Hall–Kier alpha value is -2.89. The molecule has 0 aliphatic carbocycles. The van der Waals surface area contributed by atoms with Gasteiger partial charge in [0.05, 0.1) is 4.90 Å². The molecule has 0 atom stereocenters. The second-order valence-corrected chi connectivity index (χ2v) is 10.5. The molecule has 2 heterocycles. The number of benzene rings is 1. The molecule has 0 radical (unpaired) electrons. The number of carbonyl (C=O) groups excluding carboxylic acids is 1. The number of anilines is 1. The Morgan fingerprint density at radius 3 is 2.48 bits per heavy atom. The predicted molar refractivity (Wildman–Crippen MR) is 130 cm³/mol.